The smallest absolute Gasteiger partial charge is 0.326 e. The van der Waals surface area contributed by atoms with Crippen LogP contribution in [0.5, 0.6) is 0 Å². The van der Waals surface area contributed by atoms with Crippen molar-refractivity contribution in [1.29, 1.82) is 0 Å². The van der Waals surface area contributed by atoms with Crippen LogP contribution in [0.25, 0.3) is 0 Å². The van der Waals surface area contributed by atoms with Crippen LogP contribution < -0.4 is 0 Å². The highest BCUT2D eigenvalue weighted by Gasteiger charge is 2.57. The molecule has 142 valence electrons. The molecule has 0 radical (unpaired) electrons. The van der Waals surface area contributed by atoms with Gasteiger partial charge in [-0.2, -0.15) is 5.06 Å². The third-order valence-corrected chi connectivity index (χ3v) is 5.07. The first-order valence-corrected chi connectivity index (χ1v) is 9.08. The Labute approximate surface area is 154 Å². The molecule has 0 saturated carbocycles. The maximum Gasteiger partial charge on any atom is 0.326 e. The topological polar surface area (TPSA) is 65.1 Å². The first kappa shape index (κ1) is 18.9. The first-order chi connectivity index (χ1) is 12.2. The number of rotatable bonds is 4. The molecule has 1 aromatic rings. The summed E-state index contributed by atoms with van der Waals surface area (Å²) >= 11 is 0. The van der Waals surface area contributed by atoms with E-state index in [0.29, 0.717) is 0 Å². The van der Waals surface area contributed by atoms with Crippen LogP contribution in [-0.4, -0.2) is 41.9 Å². The zero-order valence-electron chi connectivity index (χ0n) is 16.0. The largest absolute Gasteiger partial charge is 0.462 e. The van der Waals surface area contributed by atoms with Crippen LogP contribution in [0.15, 0.2) is 30.3 Å². The van der Waals surface area contributed by atoms with Crippen molar-refractivity contribution in [3.63, 3.8) is 0 Å². The Balaban J connectivity index is 1.78. The Morgan fingerprint density at radius 2 is 1.92 bits per heavy atom. The number of hydrogen-bond acceptors (Lipinski definition) is 6. The molecular formula is C20H27NO5. The van der Waals surface area contributed by atoms with Gasteiger partial charge in [-0.15, -0.1) is 0 Å². The molecule has 2 heterocycles. The molecule has 2 fully saturated rings. The molecule has 0 spiro atoms. The molecule has 6 nitrogen and oxygen atoms in total. The normalized spacial score (nSPS) is 30.0. The van der Waals surface area contributed by atoms with E-state index in [1.54, 1.807) is 5.06 Å². The number of hydrogen-bond donors (Lipinski definition) is 0. The fourth-order valence-electron chi connectivity index (χ4n) is 3.54. The lowest BCUT2D eigenvalue weighted by molar-refractivity contribution is -0.212. The Morgan fingerprint density at radius 1 is 1.27 bits per heavy atom. The number of ether oxygens (including phenoxy) is 2. The lowest BCUT2D eigenvalue weighted by Gasteiger charge is -2.27. The van der Waals surface area contributed by atoms with E-state index >= 15 is 0 Å². The van der Waals surface area contributed by atoms with Crippen molar-refractivity contribution in [3.8, 4) is 0 Å². The lowest BCUT2D eigenvalue weighted by atomic mass is 9.92. The van der Waals surface area contributed by atoms with Gasteiger partial charge in [0.25, 0.3) is 0 Å². The van der Waals surface area contributed by atoms with Crippen molar-refractivity contribution in [1.82, 2.24) is 5.06 Å². The third kappa shape index (κ3) is 3.48. The van der Waals surface area contributed by atoms with Gasteiger partial charge in [0, 0.05) is 0 Å². The summed E-state index contributed by atoms with van der Waals surface area (Å²) in [4.78, 5) is 30.6. The van der Waals surface area contributed by atoms with E-state index < -0.39 is 17.6 Å². The highest BCUT2D eigenvalue weighted by atomic mass is 16.7. The van der Waals surface area contributed by atoms with Crippen LogP contribution in [-0.2, 0) is 23.9 Å². The molecule has 0 aromatic heterocycles. The maximum absolute atomic E-state index is 12.4. The van der Waals surface area contributed by atoms with Crippen LogP contribution >= 0.6 is 0 Å². The Bertz CT molecular complexity index is 669. The number of fused-ring (bicyclic) bond motifs is 1. The summed E-state index contributed by atoms with van der Waals surface area (Å²) in [6.07, 6.45) is -0.683. The third-order valence-electron chi connectivity index (χ3n) is 5.07. The predicted molar refractivity (Wildman–Crippen MR) is 94.8 cm³/mol. The minimum atomic E-state index is -0.581. The molecule has 1 aromatic carbocycles. The first-order valence-electron chi connectivity index (χ1n) is 9.08. The van der Waals surface area contributed by atoms with Gasteiger partial charge in [-0.3, -0.25) is 14.4 Å². The van der Waals surface area contributed by atoms with Crippen molar-refractivity contribution >= 4 is 11.9 Å². The van der Waals surface area contributed by atoms with Crippen molar-refractivity contribution in [2.45, 2.75) is 58.9 Å². The summed E-state index contributed by atoms with van der Waals surface area (Å²) in [6.45, 7) is 9.39. The second-order valence-electron chi connectivity index (χ2n) is 8.10. The fourth-order valence-corrected chi connectivity index (χ4v) is 3.54. The summed E-state index contributed by atoms with van der Waals surface area (Å²) in [5, 5.41) is 1.71. The van der Waals surface area contributed by atoms with E-state index in [-0.39, 0.29) is 36.6 Å². The predicted octanol–water partition coefficient (Wildman–Crippen LogP) is 2.88. The van der Waals surface area contributed by atoms with E-state index in [1.807, 2.05) is 65.0 Å². The Kier molecular flexibility index (Phi) is 5.08. The van der Waals surface area contributed by atoms with Crippen LogP contribution in [0, 0.1) is 11.3 Å². The highest BCUT2D eigenvalue weighted by Crippen LogP contribution is 2.42. The molecule has 2 saturated heterocycles. The highest BCUT2D eigenvalue weighted by molar-refractivity contribution is 5.79. The second-order valence-corrected chi connectivity index (χ2v) is 8.10. The number of carbonyl (C=O) groups is 2. The fraction of sp³-hybridized carbons (Fsp3) is 0.600. The van der Waals surface area contributed by atoms with Crippen molar-refractivity contribution in [2.75, 3.05) is 6.61 Å². The molecule has 0 bridgehead atoms. The number of carbonyl (C=O) groups excluding carboxylic acids is 2. The number of esters is 2. The lowest BCUT2D eigenvalue weighted by Crippen LogP contribution is -2.37. The molecule has 0 unspecified atom stereocenters. The van der Waals surface area contributed by atoms with Gasteiger partial charge in [0.15, 0.2) is 0 Å². The molecule has 5 atom stereocenters. The van der Waals surface area contributed by atoms with Crippen LogP contribution in [0.3, 0.4) is 0 Å². The van der Waals surface area contributed by atoms with Crippen LogP contribution in [0.1, 0.15) is 46.2 Å². The molecule has 2 aliphatic rings. The van der Waals surface area contributed by atoms with Gasteiger partial charge < -0.3 is 9.47 Å². The van der Waals surface area contributed by atoms with Crippen molar-refractivity contribution < 1.29 is 23.9 Å². The summed E-state index contributed by atoms with van der Waals surface area (Å²) in [5.74, 6) is -0.735. The van der Waals surface area contributed by atoms with E-state index in [1.165, 1.54) is 0 Å². The molecular weight excluding hydrogens is 334 g/mol. The minimum Gasteiger partial charge on any atom is -0.462 e. The van der Waals surface area contributed by atoms with E-state index in [2.05, 4.69) is 0 Å². The molecule has 6 heteroatoms. The monoisotopic (exact) mass is 361 g/mol. The zero-order chi connectivity index (χ0) is 19.1. The number of nitrogens with zero attached hydrogens (tertiary/aromatic N) is 1. The molecule has 2 aliphatic heterocycles. The quantitative estimate of drug-likeness (QED) is 0.769. The van der Waals surface area contributed by atoms with Crippen molar-refractivity contribution in [3.05, 3.63) is 35.9 Å². The standard InChI is InChI=1S/C20H27NO5/c1-12(14-9-7-6-8-10-14)21-17-16(13(2)25-18(17)22)15(26-21)11-24-19(23)20(3,4)5/h6-10,12-13,15-17H,11H2,1-5H3/t12-,13-,15-,16+,17-/m0/s1. The molecule has 3 rings (SSSR count). The molecule has 26 heavy (non-hydrogen) atoms. The number of cyclic esters (lactones) is 1. The molecule has 0 N–H and O–H groups in total. The summed E-state index contributed by atoms with van der Waals surface area (Å²) < 4.78 is 10.9. The minimum absolute atomic E-state index is 0.107. The average molecular weight is 361 g/mol. The number of hydroxylamine groups is 2. The van der Waals surface area contributed by atoms with Crippen LogP contribution in [0.4, 0.5) is 0 Å². The van der Waals surface area contributed by atoms with Gasteiger partial charge in [0.1, 0.15) is 24.9 Å². The van der Waals surface area contributed by atoms with E-state index in [9.17, 15) is 9.59 Å². The second kappa shape index (κ2) is 7.00. The van der Waals surface area contributed by atoms with Gasteiger partial charge >= 0.3 is 11.9 Å². The SMILES string of the molecule is C[C@@H]1OC(=O)[C@@H]2[C@H]1[C@H](COC(=O)C(C)(C)C)ON2[C@@H](C)c1ccccc1. The summed E-state index contributed by atoms with van der Waals surface area (Å²) in [7, 11) is 0. The van der Waals surface area contributed by atoms with Gasteiger partial charge in [-0.05, 0) is 40.2 Å². The zero-order valence-corrected chi connectivity index (χ0v) is 16.0. The van der Waals surface area contributed by atoms with Gasteiger partial charge in [0.05, 0.1) is 17.4 Å². The molecule has 0 aliphatic carbocycles. The summed E-state index contributed by atoms with van der Waals surface area (Å²) in [5.41, 5.74) is 0.466. The molecule has 0 amide bonds. The number of benzene rings is 1. The van der Waals surface area contributed by atoms with Crippen molar-refractivity contribution in [2.24, 2.45) is 11.3 Å². The maximum atomic E-state index is 12.4. The van der Waals surface area contributed by atoms with E-state index in [0.717, 1.165) is 5.56 Å². The van der Waals surface area contributed by atoms with E-state index in [4.69, 9.17) is 14.3 Å². The average Bonchev–Trinajstić information content (AvgIpc) is 3.11. The Hall–Kier alpha value is -1.92. The van der Waals surface area contributed by atoms with Gasteiger partial charge in [-0.25, -0.2) is 0 Å². The van der Waals surface area contributed by atoms with Crippen LogP contribution in [0.2, 0.25) is 0 Å². The summed E-state index contributed by atoms with van der Waals surface area (Å²) in [6, 6.07) is 9.25. The van der Waals surface area contributed by atoms with Gasteiger partial charge in [0.2, 0.25) is 0 Å². The Morgan fingerprint density at radius 3 is 2.54 bits per heavy atom. The van der Waals surface area contributed by atoms with Gasteiger partial charge in [-0.1, -0.05) is 30.3 Å².